The van der Waals surface area contributed by atoms with Crippen LogP contribution in [-0.4, -0.2) is 22.8 Å². The summed E-state index contributed by atoms with van der Waals surface area (Å²) in [6.45, 7) is 6.58. The lowest BCUT2D eigenvalue weighted by atomic mass is 10.3. The molecule has 0 radical (unpaired) electrons. The molecular formula is C13H19N3S2. The first-order valence-corrected chi connectivity index (χ1v) is 8.10. The van der Waals surface area contributed by atoms with E-state index in [1.807, 2.05) is 18.8 Å². The van der Waals surface area contributed by atoms with Crippen molar-refractivity contribution in [3.63, 3.8) is 0 Å². The molecule has 0 saturated heterocycles. The van der Waals surface area contributed by atoms with Gasteiger partial charge in [-0.3, -0.25) is 0 Å². The minimum absolute atomic E-state index is 0.714. The van der Waals surface area contributed by atoms with E-state index in [4.69, 9.17) is 0 Å². The van der Waals surface area contributed by atoms with Gasteiger partial charge in [0.1, 0.15) is 16.5 Å². The van der Waals surface area contributed by atoms with E-state index in [2.05, 4.69) is 42.1 Å². The molecule has 0 atom stereocenters. The average Bonchev–Trinajstić information content (AvgIpc) is 2.67. The van der Waals surface area contributed by atoms with Crippen LogP contribution in [0.3, 0.4) is 0 Å². The monoisotopic (exact) mass is 281 g/mol. The van der Waals surface area contributed by atoms with Gasteiger partial charge < -0.3 is 5.32 Å². The lowest BCUT2D eigenvalue weighted by molar-refractivity contribution is 0.750. The molecule has 2 heterocycles. The van der Waals surface area contributed by atoms with E-state index in [9.17, 15) is 0 Å². The Morgan fingerprint density at radius 3 is 2.83 bits per heavy atom. The van der Waals surface area contributed by atoms with Crippen molar-refractivity contribution in [2.24, 2.45) is 5.92 Å². The molecule has 2 aromatic rings. The predicted molar refractivity (Wildman–Crippen MR) is 82.7 cm³/mol. The van der Waals surface area contributed by atoms with Gasteiger partial charge in [-0.25, -0.2) is 9.97 Å². The van der Waals surface area contributed by atoms with E-state index in [-0.39, 0.29) is 0 Å². The summed E-state index contributed by atoms with van der Waals surface area (Å²) in [4.78, 5) is 11.6. The number of nitrogens with zero attached hydrogens (tertiary/aromatic N) is 2. The van der Waals surface area contributed by atoms with Crippen LogP contribution >= 0.6 is 23.1 Å². The number of thiophene rings is 1. The summed E-state index contributed by atoms with van der Waals surface area (Å²) in [6.07, 6.45) is 0. The third kappa shape index (κ3) is 3.14. The highest BCUT2D eigenvalue weighted by Gasteiger charge is 2.09. The van der Waals surface area contributed by atoms with E-state index in [1.165, 1.54) is 4.88 Å². The van der Waals surface area contributed by atoms with E-state index < -0.39 is 0 Å². The van der Waals surface area contributed by atoms with E-state index in [0.29, 0.717) is 5.92 Å². The maximum Gasteiger partial charge on any atom is 0.142 e. The molecule has 0 aromatic carbocycles. The van der Waals surface area contributed by atoms with Crippen LogP contribution in [0, 0.1) is 12.8 Å². The van der Waals surface area contributed by atoms with Gasteiger partial charge in [0.25, 0.3) is 0 Å². The van der Waals surface area contributed by atoms with Gasteiger partial charge in [0.05, 0.1) is 11.1 Å². The molecule has 0 spiro atoms. The van der Waals surface area contributed by atoms with Gasteiger partial charge >= 0.3 is 0 Å². The first kappa shape index (κ1) is 13.6. The Morgan fingerprint density at radius 2 is 2.17 bits per heavy atom. The fourth-order valence-electron chi connectivity index (χ4n) is 1.73. The SMILES string of the molecule is CNc1nc(CSCC(C)C)nc2sc(C)cc12. The summed E-state index contributed by atoms with van der Waals surface area (Å²) >= 11 is 3.64. The Labute approximate surface area is 116 Å². The van der Waals surface area contributed by atoms with Gasteiger partial charge in [0, 0.05) is 11.9 Å². The molecular weight excluding hydrogens is 262 g/mol. The smallest absolute Gasteiger partial charge is 0.142 e. The molecule has 0 amide bonds. The Morgan fingerprint density at radius 1 is 1.39 bits per heavy atom. The van der Waals surface area contributed by atoms with Crippen molar-refractivity contribution in [1.29, 1.82) is 0 Å². The van der Waals surface area contributed by atoms with Gasteiger partial charge in [-0.15, -0.1) is 11.3 Å². The largest absolute Gasteiger partial charge is 0.372 e. The normalized spacial score (nSPS) is 11.4. The highest BCUT2D eigenvalue weighted by atomic mass is 32.2. The number of rotatable bonds is 5. The molecule has 0 bridgehead atoms. The van der Waals surface area contributed by atoms with Crippen LogP contribution in [0.4, 0.5) is 5.82 Å². The van der Waals surface area contributed by atoms with Gasteiger partial charge in [-0.1, -0.05) is 13.8 Å². The summed E-state index contributed by atoms with van der Waals surface area (Å²) < 4.78 is 0. The number of hydrogen-bond donors (Lipinski definition) is 1. The zero-order valence-electron chi connectivity index (χ0n) is 11.3. The van der Waals surface area contributed by atoms with Crippen molar-refractivity contribution < 1.29 is 0 Å². The van der Waals surface area contributed by atoms with Crippen molar-refractivity contribution in [2.45, 2.75) is 26.5 Å². The van der Waals surface area contributed by atoms with Crippen molar-refractivity contribution in [3.05, 3.63) is 16.8 Å². The topological polar surface area (TPSA) is 37.8 Å². The fourth-order valence-corrected chi connectivity index (χ4v) is 3.53. The standard InChI is InChI=1S/C13H19N3S2/c1-8(2)6-17-7-11-15-12(14-4)10-5-9(3)18-13(10)16-11/h5,8H,6-7H2,1-4H3,(H,14,15,16). The van der Waals surface area contributed by atoms with E-state index in [1.54, 1.807) is 11.3 Å². The minimum atomic E-state index is 0.714. The first-order valence-electron chi connectivity index (χ1n) is 6.12. The molecule has 0 aliphatic carbocycles. The number of hydrogen-bond acceptors (Lipinski definition) is 5. The zero-order valence-corrected chi connectivity index (χ0v) is 12.9. The number of aryl methyl sites for hydroxylation is 1. The third-order valence-electron chi connectivity index (χ3n) is 2.48. The number of nitrogens with one attached hydrogen (secondary N) is 1. The van der Waals surface area contributed by atoms with E-state index >= 15 is 0 Å². The maximum atomic E-state index is 4.65. The van der Waals surface area contributed by atoms with Crippen LogP contribution in [0.5, 0.6) is 0 Å². The van der Waals surface area contributed by atoms with Crippen molar-refractivity contribution in [2.75, 3.05) is 18.1 Å². The van der Waals surface area contributed by atoms with E-state index in [0.717, 1.165) is 33.4 Å². The lowest BCUT2D eigenvalue weighted by Crippen LogP contribution is -2.00. The molecule has 0 aliphatic rings. The molecule has 0 unspecified atom stereocenters. The van der Waals surface area contributed by atoms with Gasteiger partial charge in [-0.2, -0.15) is 11.8 Å². The van der Waals surface area contributed by atoms with Crippen LogP contribution in [-0.2, 0) is 5.75 Å². The second-order valence-corrected chi connectivity index (χ2v) is 6.99. The van der Waals surface area contributed by atoms with Crippen molar-refractivity contribution >= 4 is 39.1 Å². The molecule has 2 rings (SSSR count). The van der Waals surface area contributed by atoms with Crippen LogP contribution in [0.25, 0.3) is 10.2 Å². The lowest BCUT2D eigenvalue weighted by Gasteiger charge is -2.06. The Kier molecular flexibility index (Phi) is 4.45. The van der Waals surface area contributed by atoms with Crippen LogP contribution in [0.1, 0.15) is 24.5 Å². The van der Waals surface area contributed by atoms with Crippen molar-refractivity contribution in [3.8, 4) is 0 Å². The van der Waals surface area contributed by atoms with Gasteiger partial charge in [-0.05, 0) is 24.7 Å². The number of anilines is 1. The van der Waals surface area contributed by atoms with Crippen LogP contribution in [0.2, 0.25) is 0 Å². The van der Waals surface area contributed by atoms with Gasteiger partial charge in [0.15, 0.2) is 0 Å². The number of fused-ring (bicyclic) bond motifs is 1. The molecule has 98 valence electrons. The summed E-state index contributed by atoms with van der Waals surface area (Å²) in [5.41, 5.74) is 0. The Bertz CT molecular complexity index is 534. The second-order valence-electron chi connectivity index (χ2n) is 4.72. The molecule has 0 fully saturated rings. The molecule has 2 aromatic heterocycles. The average molecular weight is 281 g/mol. The summed E-state index contributed by atoms with van der Waals surface area (Å²) in [5.74, 6) is 4.63. The third-order valence-corrected chi connectivity index (χ3v) is 4.79. The van der Waals surface area contributed by atoms with Crippen LogP contribution in [0.15, 0.2) is 6.07 Å². The summed E-state index contributed by atoms with van der Waals surface area (Å²) in [5, 5.41) is 4.31. The predicted octanol–water partition coefficient (Wildman–Crippen LogP) is 3.93. The highest BCUT2D eigenvalue weighted by molar-refractivity contribution is 7.98. The fraction of sp³-hybridized carbons (Fsp3) is 0.538. The second kappa shape index (κ2) is 5.89. The molecule has 3 nitrogen and oxygen atoms in total. The summed E-state index contributed by atoms with van der Waals surface area (Å²) in [6, 6.07) is 2.15. The maximum absolute atomic E-state index is 4.65. The Hall–Kier alpha value is -0.810. The Balaban J connectivity index is 2.23. The zero-order chi connectivity index (χ0) is 13.1. The quantitative estimate of drug-likeness (QED) is 0.901. The van der Waals surface area contributed by atoms with Crippen LogP contribution < -0.4 is 5.32 Å². The number of aromatic nitrogens is 2. The highest BCUT2D eigenvalue weighted by Crippen LogP contribution is 2.29. The molecule has 5 heteroatoms. The molecule has 18 heavy (non-hydrogen) atoms. The minimum Gasteiger partial charge on any atom is -0.372 e. The first-order chi connectivity index (χ1) is 8.60. The molecule has 0 saturated carbocycles. The van der Waals surface area contributed by atoms with Gasteiger partial charge in [0.2, 0.25) is 0 Å². The molecule has 0 aliphatic heterocycles. The molecule has 1 N–H and O–H groups in total. The van der Waals surface area contributed by atoms with Crippen molar-refractivity contribution in [1.82, 2.24) is 9.97 Å². The summed E-state index contributed by atoms with van der Waals surface area (Å²) in [7, 11) is 1.92. The number of thioether (sulfide) groups is 1.